The Morgan fingerprint density at radius 3 is 2.62 bits per heavy atom. The minimum atomic E-state index is -0.429. The third-order valence-electron chi connectivity index (χ3n) is 2.04. The van der Waals surface area contributed by atoms with E-state index in [2.05, 4.69) is 19.2 Å². The maximum Gasteiger partial charge on any atom is 0.142 e. The van der Waals surface area contributed by atoms with Gasteiger partial charge in [-0.3, -0.25) is 0 Å². The van der Waals surface area contributed by atoms with Crippen molar-refractivity contribution >= 4 is 11.6 Å². The predicted octanol–water partition coefficient (Wildman–Crippen LogP) is 3.24. The molecule has 90 valence electrons. The van der Waals surface area contributed by atoms with Crippen molar-refractivity contribution < 1.29 is 9.13 Å². The number of hydrogen-bond donors (Lipinski definition) is 1. The van der Waals surface area contributed by atoms with Gasteiger partial charge in [0.1, 0.15) is 17.7 Å². The minimum absolute atomic E-state index is 0.0175. The Balaban J connectivity index is 2.49. The quantitative estimate of drug-likeness (QED) is 0.860. The van der Waals surface area contributed by atoms with Crippen LogP contribution in [-0.2, 0) is 0 Å². The Morgan fingerprint density at radius 1 is 1.38 bits per heavy atom. The van der Waals surface area contributed by atoms with Crippen molar-refractivity contribution in [2.24, 2.45) is 0 Å². The zero-order chi connectivity index (χ0) is 12.1. The van der Waals surface area contributed by atoms with Crippen molar-refractivity contribution in [1.82, 2.24) is 5.32 Å². The summed E-state index contributed by atoms with van der Waals surface area (Å²) >= 11 is 5.65. The Kier molecular flexibility index (Phi) is 5.03. The first-order valence-corrected chi connectivity index (χ1v) is 5.72. The van der Waals surface area contributed by atoms with Crippen LogP contribution in [0.25, 0.3) is 0 Å². The van der Waals surface area contributed by atoms with Crippen molar-refractivity contribution in [3.63, 3.8) is 0 Å². The maximum atomic E-state index is 12.9. The van der Waals surface area contributed by atoms with Gasteiger partial charge in [0.05, 0.1) is 5.02 Å². The SMILES string of the molecule is CC(C)NCC(C)Oc1ccc(F)c(Cl)c1. The lowest BCUT2D eigenvalue weighted by Crippen LogP contribution is -2.33. The van der Waals surface area contributed by atoms with E-state index in [0.717, 1.165) is 6.54 Å². The lowest BCUT2D eigenvalue weighted by atomic mass is 10.3. The molecule has 0 aliphatic carbocycles. The van der Waals surface area contributed by atoms with Crippen molar-refractivity contribution in [1.29, 1.82) is 0 Å². The summed E-state index contributed by atoms with van der Waals surface area (Å²) in [6.07, 6.45) is 0.0175. The first-order valence-electron chi connectivity index (χ1n) is 5.34. The fourth-order valence-corrected chi connectivity index (χ4v) is 1.40. The van der Waals surface area contributed by atoms with Gasteiger partial charge in [-0.15, -0.1) is 0 Å². The molecule has 4 heteroatoms. The number of hydrogen-bond acceptors (Lipinski definition) is 2. The van der Waals surface area contributed by atoms with E-state index < -0.39 is 5.82 Å². The average Bonchev–Trinajstić information content (AvgIpc) is 2.21. The second-order valence-electron chi connectivity index (χ2n) is 4.07. The highest BCUT2D eigenvalue weighted by Crippen LogP contribution is 2.21. The van der Waals surface area contributed by atoms with Crippen LogP contribution in [0.4, 0.5) is 4.39 Å². The van der Waals surface area contributed by atoms with Crippen LogP contribution in [-0.4, -0.2) is 18.7 Å². The molecule has 0 spiro atoms. The number of benzene rings is 1. The molecule has 1 rings (SSSR count). The lowest BCUT2D eigenvalue weighted by Gasteiger charge is -2.17. The van der Waals surface area contributed by atoms with Crippen LogP contribution in [0.1, 0.15) is 20.8 Å². The van der Waals surface area contributed by atoms with Crippen molar-refractivity contribution in [2.45, 2.75) is 32.9 Å². The van der Waals surface area contributed by atoms with Crippen LogP contribution in [0.5, 0.6) is 5.75 Å². The van der Waals surface area contributed by atoms with E-state index >= 15 is 0 Å². The third-order valence-corrected chi connectivity index (χ3v) is 2.33. The van der Waals surface area contributed by atoms with E-state index in [1.54, 1.807) is 6.07 Å². The zero-order valence-electron chi connectivity index (χ0n) is 9.76. The molecule has 1 atom stereocenters. The summed E-state index contributed by atoms with van der Waals surface area (Å²) in [6.45, 7) is 6.84. The van der Waals surface area contributed by atoms with Crippen molar-refractivity contribution in [2.75, 3.05) is 6.54 Å². The van der Waals surface area contributed by atoms with Crippen molar-refractivity contribution in [3.8, 4) is 5.75 Å². The summed E-state index contributed by atoms with van der Waals surface area (Å²) in [5.41, 5.74) is 0. The molecular formula is C12H17ClFNO. The monoisotopic (exact) mass is 245 g/mol. The van der Waals surface area contributed by atoms with Crippen molar-refractivity contribution in [3.05, 3.63) is 29.0 Å². The maximum absolute atomic E-state index is 12.9. The molecule has 0 amide bonds. The van der Waals surface area contributed by atoms with E-state index in [9.17, 15) is 4.39 Å². The van der Waals surface area contributed by atoms with Gasteiger partial charge in [0.2, 0.25) is 0 Å². The largest absolute Gasteiger partial charge is 0.489 e. The van der Waals surface area contributed by atoms with Gasteiger partial charge in [0.15, 0.2) is 0 Å². The molecule has 1 aromatic carbocycles. The summed E-state index contributed by atoms with van der Waals surface area (Å²) in [7, 11) is 0. The van der Waals surface area contributed by atoms with Gasteiger partial charge in [-0.2, -0.15) is 0 Å². The van der Waals surface area contributed by atoms with Gasteiger partial charge < -0.3 is 10.1 Å². The molecule has 0 saturated heterocycles. The Bertz CT molecular complexity index is 344. The van der Waals surface area contributed by atoms with E-state index in [0.29, 0.717) is 11.8 Å². The van der Waals surface area contributed by atoms with E-state index in [-0.39, 0.29) is 11.1 Å². The first-order chi connectivity index (χ1) is 7.49. The number of halogens is 2. The summed E-state index contributed by atoms with van der Waals surface area (Å²) < 4.78 is 18.5. The van der Waals surface area contributed by atoms with Gasteiger partial charge in [0.25, 0.3) is 0 Å². The van der Waals surface area contributed by atoms with Crippen LogP contribution < -0.4 is 10.1 Å². The molecule has 1 aromatic rings. The van der Waals surface area contributed by atoms with E-state index in [1.165, 1.54) is 12.1 Å². The standard InChI is InChI=1S/C12H17ClFNO/c1-8(2)15-7-9(3)16-10-4-5-12(14)11(13)6-10/h4-6,8-9,15H,7H2,1-3H3. The second kappa shape index (κ2) is 6.06. The fourth-order valence-electron chi connectivity index (χ4n) is 1.23. The van der Waals surface area contributed by atoms with Gasteiger partial charge in [0, 0.05) is 18.7 Å². The molecule has 1 N–H and O–H groups in total. The molecule has 0 aliphatic heterocycles. The van der Waals surface area contributed by atoms with Crippen LogP contribution in [0.15, 0.2) is 18.2 Å². The summed E-state index contributed by atoms with van der Waals surface area (Å²) in [5.74, 6) is 0.159. The number of nitrogens with one attached hydrogen (secondary N) is 1. The second-order valence-corrected chi connectivity index (χ2v) is 4.47. The van der Waals surface area contributed by atoms with Gasteiger partial charge in [-0.1, -0.05) is 25.4 Å². The normalized spacial score (nSPS) is 12.9. The molecule has 0 heterocycles. The van der Waals surface area contributed by atoms with E-state index in [4.69, 9.17) is 16.3 Å². The Hall–Kier alpha value is -0.800. The van der Waals surface area contributed by atoms with Crippen LogP contribution in [0, 0.1) is 5.82 Å². The third kappa shape index (κ3) is 4.37. The minimum Gasteiger partial charge on any atom is -0.489 e. The van der Waals surface area contributed by atoms with Gasteiger partial charge in [-0.25, -0.2) is 4.39 Å². The molecule has 0 fully saturated rings. The highest BCUT2D eigenvalue weighted by atomic mass is 35.5. The molecule has 0 aliphatic rings. The molecule has 2 nitrogen and oxygen atoms in total. The average molecular weight is 246 g/mol. The zero-order valence-corrected chi connectivity index (χ0v) is 10.5. The van der Waals surface area contributed by atoms with Gasteiger partial charge >= 0.3 is 0 Å². The summed E-state index contributed by atoms with van der Waals surface area (Å²) in [4.78, 5) is 0. The van der Waals surface area contributed by atoms with E-state index in [1.807, 2.05) is 6.92 Å². The molecule has 0 bridgehead atoms. The first kappa shape index (κ1) is 13.3. The topological polar surface area (TPSA) is 21.3 Å². The lowest BCUT2D eigenvalue weighted by molar-refractivity contribution is 0.213. The predicted molar refractivity (Wildman–Crippen MR) is 64.6 cm³/mol. The summed E-state index contributed by atoms with van der Waals surface area (Å²) in [5, 5.41) is 3.34. The fraction of sp³-hybridized carbons (Fsp3) is 0.500. The molecule has 16 heavy (non-hydrogen) atoms. The van der Waals surface area contributed by atoms with Crippen LogP contribution in [0.3, 0.4) is 0 Å². The molecule has 0 saturated carbocycles. The number of rotatable bonds is 5. The molecule has 1 unspecified atom stereocenters. The van der Waals surface area contributed by atoms with Crippen LogP contribution in [0.2, 0.25) is 5.02 Å². The Morgan fingerprint density at radius 2 is 2.06 bits per heavy atom. The number of ether oxygens (including phenoxy) is 1. The highest BCUT2D eigenvalue weighted by molar-refractivity contribution is 6.30. The smallest absolute Gasteiger partial charge is 0.142 e. The van der Waals surface area contributed by atoms with Crippen LogP contribution >= 0.6 is 11.6 Å². The highest BCUT2D eigenvalue weighted by Gasteiger charge is 2.06. The molecular weight excluding hydrogens is 229 g/mol. The summed E-state index contributed by atoms with van der Waals surface area (Å²) in [6, 6.07) is 4.79. The Labute approximate surface area is 101 Å². The molecule has 0 radical (unpaired) electrons. The van der Waals surface area contributed by atoms with Gasteiger partial charge in [-0.05, 0) is 19.1 Å². The molecule has 0 aromatic heterocycles.